The first-order valence-electron chi connectivity index (χ1n) is 3.58. The van der Waals surface area contributed by atoms with Crippen molar-refractivity contribution in [3.8, 4) is 11.8 Å². The van der Waals surface area contributed by atoms with E-state index in [2.05, 4.69) is 25.3 Å². The Kier molecular flexibility index (Phi) is 5.91. The van der Waals surface area contributed by atoms with Gasteiger partial charge in [0.1, 0.15) is 0 Å². The highest BCUT2D eigenvalue weighted by atomic mass is 16.2. The molecule has 56 valence electrons. The molecule has 0 spiro atoms. The van der Waals surface area contributed by atoms with Crippen molar-refractivity contribution in [1.29, 1.82) is 0 Å². The third-order valence-electron chi connectivity index (χ3n) is 1.05. The Morgan fingerprint density at radius 1 is 1.60 bits per heavy atom. The predicted molar refractivity (Wildman–Crippen MR) is 43.5 cm³/mol. The zero-order valence-electron chi connectivity index (χ0n) is 6.48. The molecule has 0 aliphatic rings. The van der Waals surface area contributed by atoms with Crippen LogP contribution in [-0.2, 0) is 0 Å². The van der Waals surface area contributed by atoms with Gasteiger partial charge in [-0.25, -0.2) is 0 Å². The standard InChI is InChI=1S/C9H14O/c1-3-4-5-6-9(2)7-8-10/h10H,2-4,7-8H2,1H3. The van der Waals surface area contributed by atoms with E-state index in [0.29, 0.717) is 6.42 Å². The van der Waals surface area contributed by atoms with Crippen molar-refractivity contribution in [2.75, 3.05) is 6.61 Å². The summed E-state index contributed by atoms with van der Waals surface area (Å²) in [4.78, 5) is 0. The van der Waals surface area contributed by atoms with Gasteiger partial charge < -0.3 is 5.11 Å². The lowest BCUT2D eigenvalue weighted by Crippen LogP contribution is -1.82. The number of hydrogen-bond donors (Lipinski definition) is 1. The van der Waals surface area contributed by atoms with Crippen molar-refractivity contribution in [1.82, 2.24) is 0 Å². The molecule has 0 saturated carbocycles. The SMILES string of the molecule is C=C(C#CCCC)CCO. The van der Waals surface area contributed by atoms with Crippen LogP contribution >= 0.6 is 0 Å². The molecule has 0 bridgehead atoms. The number of unbranched alkanes of at least 4 members (excludes halogenated alkanes) is 1. The quantitative estimate of drug-likeness (QED) is 0.589. The molecule has 0 unspecified atom stereocenters. The fourth-order valence-electron chi connectivity index (χ4n) is 0.510. The first-order chi connectivity index (χ1) is 4.81. The lowest BCUT2D eigenvalue weighted by molar-refractivity contribution is 0.301. The molecular formula is C9H14O. The van der Waals surface area contributed by atoms with Crippen molar-refractivity contribution < 1.29 is 5.11 Å². The molecule has 0 aliphatic heterocycles. The monoisotopic (exact) mass is 138 g/mol. The molecule has 0 fully saturated rings. The molecule has 10 heavy (non-hydrogen) atoms. The van der Waals surface area contributed by atoms with Crippen LogP contribution in [0.3, 0.4) is 0 Å². The van der Waals surface area contributed by atoms with Gasteiger partial charge in [0.25, 0.3) is 0 Å². The number of aliphatic hydroxyl groups is 1. The molecule has 1 N–H and O–H groups in total. The van der Waals surface area contributed by atoms with Crippen molar-refractivity contribution in [3.05, 3.63) is 12.2 Å². The lowest BCUT2D eigenvalue weighted by Gasteiger charge is -1.88. The van der Waals surface area contributed by atoms with E-state index in [-0.39, 0.29) is 6.61 Å². The van der Waals surface area contributed by atoms with Gasteiger partial charge in [0.05, 0.1) is 0 Å². The van der Waals surface area contributed by atoms with Crippen LogP contribution in [-0.4, -0.2) is 11.7 Å². The minimum absolute atomic E-state index is 0.152. The molecule has 0 heterocycles. The van der Waals surface area contributed by atoms with Crippen LogP contribution in [0.1, 0.15) is 26.2 Å². The van der Waals surface area contributed by atoms with E-state index in [4.69, 9.17) is 5.11 Å². The zero-order valence-corrected chi connectivity index (χ0v) is 6.48. The van der Waals surface area contributed by atoms with Gasteiger partial charge in [-0.1, -0.05) is 25.3 Å². The van der Waals surface area contributed by atoms with E-state index >= 15 is 0 Å². The second kappa shape index (κ2) is 6.38. The number of aliphatic hydroxyl groups excluding tert-OH is 1. The highest BCUT2D eigenvalue weighted by Crippen LogP contribution is 1.93. The summed E-state index contributed by atoms with van der Waals surface area (Å²) >= 11 is 0. The Hall–Kier alpha value is -0.740. The van der Waals surface area contributed by atoms with E-state index in [1.54, 1.807) is 0 Å². The molecule has 0 radical (unpaired) electrons. The maximum absolute atomic E-state index is 8.46. The van der Waals surface area contributed by atoms with Gasteiger partial charge in [0.2, 0.25) is 0 Å². The summed E-state index contributed by atoms with van der Waals surface area (Å²) in [5, 5.41) is 8.46. The summed E-state index contributed by atoms with van der Waals surface area (Å²) < 4.78 is 0. The molecule has 0 amide bonds. The largest absolute Gasteiger partial charge is 0.396 e. The minimum atomic E-state index is 0.152. The van der Waals surface area contributed by atoms with Gasteiger partial charge in [-0.2, -0.15) is 0 Å². The first-order valence-corrected chi connectivity index (χ1v) is 3.58. The molecule has 1 nitrogen and oxygen atoms in total. The van der Waals surface area contributed by atoms with E-state index in [9.17, 15) is 0 Å². The smallest absolute Gasteiger partial charge is 0.0477 e. The Bertz CT molecular complexity index is 148. The molecule has 0 aromatic heterocycles. The number of hydrogen-bond acceptors (Lipinski definition) is 1. The van der Waals surface area contributed by atoms with Gasteiger partial charge >= 0.3 is 0 Å². The average molecular weight is 138 g/mol. The number of rotatable bonds is 3. The van der Waals surface area contributed by atoms with Crippen molar-refractivity contribution in [2.45, 2.75) is 26.2 Å². The highest BCUT2D eigenvalue weighted by Gasteiger charge is 1.83. The maximum Gasteiger partial charge on any atom is 0.0477 e. The highest BCUT2D eigenvalue weighted by molar-refractivity contribution is 5.25. The third-order valence-corrected chi connectivity index (χ3v) is 1.05. The predicted octanol–water partition coefficient (Wildman–Crippen LogP) is 1.73. The van der Waals surface area contributed by atoms with Crippen LogP contribution in [0.15, 0.2) is 12.2 Å². The molecular weight excluding hydrogens is 124 g/mol. The van der Waals surface area contributed by atoms with Crippen LogP contribution in [0.4, 0.5) is 0 Å². The Morgan fingerprint density at radius 3 is 2.80 bits per heavy atom. The topological polar surface area (TPSA) is 20.2 Å². The first kappa shape index (κ1) is 9.26. The van der Waals surface area contributed by atoms with Crippen LogP contribution in [0.25, 0.3) is 0 Å². The molecule has 0 atom stereocenters. The molecule has 0 saturated heterocycles. The summed E-state index contributed by atoms with van der Waals surface area (Å²) in [7, 11) is 0. The van der Waals surface area contributed by atoms with E-state index in [0.717, 1.165) is 18.4 Å². The average Bonchev–Trinajstić information content (AvgIpc) is 1.89. The van der Waals surface area contributed by atoms with E-state index in [1.807, 2.05) is 0 Å². The van der Waals surface area contributed by atoms with Crippen molar-refractivity contribution >= 4 is 0 Å². The maximum atomic E-state index is 8.46. The summed E-state index contributed by atoms with van der Waals surface area (Å²) in [6.07, 6.45) is 2.61. The summed E-state index contributed by atoms with van der Waals surface area (Å²) in [5.74, 6) is 5.84. The minimum Gasteiger partial charge on any atom is -0.396 e. The Morgan fingerprint density at radius 2 is 2.30 bits per heavy atom. The summed E-state index contributed by atoms with van der Waals surface area (Å²) in [6, 6.07) is 0. The Balaban J connectivity index is 3.48. The van der Waals surface area contributed by atoms with Crippen molar-refractivity contribution in [3.63, 3.8) is 0 Å². The van der Waals surface area contributed by atoms with Crippen LogP contribution in [0.5, 0.6) is 0 Å². The van der Waals surface area contributed by atoms with Gasteiger partial charge in [-0.05, 0) is 12.0 Å². The summed E-state index contributed by atoms with van der Waals surface area (Å²) in [5.41, 5.74) is 0.830. The summed E-state index contributed by atoms with van der Waals surface area (Å²) in [6.45, 7) is 5.92. The molecule has 0 aromatic carbocycles. The van der Waals surface area contributed by atoms with Gasteiger partial charge in [0.15, 0.2) is 0 Å². The Labute approximate surface area is 62.8 Å². The fourth-order valence-corrected chi connectivity index (χ4v) is 0.510. The second-order valence-electron chi connectivity index (χ2n) is 2.13. The van der Waals surface area contributed by atoms with Gasteiger partial charge in [-0.3, -0.25) is 0 Å². The molecule has 1 heteroatoms. The van der Waals surface area contributed by atoms with E-state index in [1.165, 1.54) is 0 Å². The second-order valence-corrected chi connectivity index (χ2v) is 2.13. The van der Waals surface area contributed by atoms with E-state index < -0.39 is 0 Å². The van der Waals surface area contributed by atoms with Crippen LogP contribution < -0.4 is 0 Å². The van der Waals surface area contributed by atoms with Crippen molar-refractivity contribution in [2.24, 2.45) is 0 Å². The third kappa shape index (κ3) is 5.40. The molecule has 0 aromatic rings. The zero-order chi connectivity index (χ0) is 7.82. The van der Waals surface area contributed by atoms with Crippen LogP contribution in [0.2, 0.25) is 0 Å². The fraction of sp³-hybridized carbons (Fsp3) is 0.556. The van der Waals surface area contributed by atoms with Gasteiger partial charge in [0, 0.05) is 19.4 Å². The molecule has 0 aliphatic carbocycles. The molecule has 0 rings (SSSR count). The van der Waals surface area contributed by atoms with Crippen LogP contribution in [0, 0.1) is 11.8 Å². The van der Waals surface area contributed by atoms with Gasteiger partial charge in [-0.15, -0.1) is 0 Å². The normalized spacial score (nSPS) is 8.20. The lowest BCUT2D eigenvalue weighted by atomic mass is 10.2.